The molecular formula is C21H33N3O. The number of benzene rings is 1. The molecule has 0 spiro atoms. The lowest BCUT2D eigenvalue weighted by molar-refractivity contribution is -0.131. The van der Waals surface area contributed by atoms with Crippen LogP contribution in [0.25, 0.3) is 0 Å². The molecule has 1 aromatic rings. The molecule has 2 fully saturated rings. The first kappa shape index (κ1) is 18.2. The second-order valence-corrected chi connectivity index (χ2v) is 7.88. The Labute approximate surface area is 152 Å². The molecule has 0 aromatic heterocycles. The molecule has 25 heavy (non-hydrogen) atoms. The molecule has 0 N–H and O–H groups in total. The Bertz CT molecular complexity index is 593. The first-order valence-electron chi connectivity index (χ1n) is 9.86. The molecule has 0 bridgehead atoms. The van der Waals surface area contributed by atoms with Gasteiger partial charge in [-0.2, -0.15) is 0 Å². The van der Waals surface area contributed by atoms with Crippen LogP contribution in [0.2, 0.25) is 0 Å². The van der Waals surface area contributed by atoms with Gasteiger partial charge in [0.1, 0.15) is 0 Å². The number of amides is 1. The Morgan fingerprint density at radius 2 is 1.88 bits per heavy atom. The highest BCUT2D eigenvalue weighted by molar-refractivity contribution is 5.76. The zero-order valence-corrected chi connectivity index (χ0v) is 16.1. The fraction of sp³-hybridized carbons (Fsp3) is 0.667. The molecular weight excluding hydrogens is 310 g/mol. The Morgan fingerprint density at radius 1 is 1.12 bits per heavy atom. The van der Waals surface area contributed by atoms with Gasteiger partial charge in [0, 0.05) is 51.4 Å². The monoisotopic (exact) mass is 343 g/mol. The van der Waals surface area contributed by atoms with Crippen molar-refractivity contribution in [1.82, 2.24) is 9.80 Å². The van der Waals surface area contributed by atoms with Gasteiger partial charge in [-0.3, -0.25) is 4.79 Å². The van der Waals surface area contributed by atoms with Crippen LogP contribution in [0.5, 0.6) is 0 Å². The van der Waals surface area contributed by atoms with Crippen molar-refractivity contribution in [3.8, 4) is 0 Å². The molecule has 2 aliphatic rings. The number of hydrogen-bond donors (Lipinski definition) is 0. The van der Waals surface area contributed by atoms with Crippen LogP contribution in [0, 0.1) is 19.8 Å². The van der Waals surface area contributed by atoms with E-state index in [9.17, 15) is 4.79 Å². The van der Waals surface area contributed by atoms with Crippen LogP contribution < -0.4 is 4.90 Å². The maximum Gasteiger partial charge on any atom is 0.223 e. The van der Waals surface area contributed by atoms with E-state index >= 15 is 0 Å². The third kappa shape index (κ3) is 4.55. The average Bonchev–Trinajstić information content (AvgIpc) is 2.62. The number of piperidine rings is 1. The quantitative estimate of drug-likeness (QED) is 0.841. The number of carbonyl (C=O) groups excluding carboxylic acids is 1. The van der Waals surface area contributed by atoms with Crippen molar-refractivity contribution in [1.29, 1.82) is 0 Å². The number of carbonyl (C=O) groups is 1. The standard InChI is InChI=1S/C21H33N3O/c1-17-6-5-10-22(16-17)11-9-21(25)24-14-12-23(13-15-24)20-8-4-7-18(2)19(20)3/h4,7-8,17H,5-6,9-16H2,1-3H3. The SMILES string of the molecule is Cc1cccc(N2CCN(C(=O)CCN3CCCC(C)C3)CC2)c1C. The van der Waals surface area contributed by atoms with Gasteiger partial charge in [0.25, 0.3) is 0 Å². The number of anilines is 1. The maximum absolute atomic E-state index is 12.6. The first-order chi connectivity index (χ1) is 12.0. The third-order valence-corrected chi connectivity index (χ3v) is 5.93. The molecule has 0 radical (unpaired) electrons. The Kier molecular flexibility index (Phi) is 6.00. The number of rotatable bonds is 4. The lowest BCUT2D eigenvalue weighted by Crippen LogP contribution is -2.49. The second-order valence-electron chi connectivity index (χ2n) is 7.88. The summed E-state index contributed by atoms with van der Waals surface area (Å²) in [6.07, 6.45) is 3.30. The highest BCUT2D eigenvalue weighted by atomic mass is 16.2. The zero-order valence-electron chi connectivity index (χ0n) is 16.1. The van der Waals surface area contributed by atoms with E-state index in [0.29, 0.717) is 12.3 Å². The number of likely N-dealkylation sites (tertiary alicyclic amines) is 1. The highest BCUT2D eigenvalue weighted by Gasteiger charge is 2.23. The van der Waals surface area contributed by atoms with Crippen molar-refractivity contribution in [2.24, 2.45) is 5.92 Å². The van der Waals surface area contributed by atoms with E-state index in [1.54, 1.807) is 0 Å². The van der Waals surface area contributed by atoms with Crippen LogP contribution >= 0.6 is 0 Å². The van der Waals surface area contributed by atoms with E-state index < -0.39 is 0 Å². The summed E-state index contributed by atoms with van der Waals surface area (Å²) in [4.78, 5) is 19.5. The lowest BCUT2D eigenvalue weighted by Gasteiger charge is -2.37. The Morgan fingerprint density at radius 3 is 2.60 bits per heavy atom. The largest absolute Gasteiger partial charge is 0.368 e. The predicted molar refractivity (Wildman–Crippen MR) is 104 cm³/mol. The van der Waals surface area contributed by atoms with Crippen molar-refractivity contribution >= 4 is 11.6 Å². The minimum absolute atomic E-state index is 0.332. The minimum atomic E-state index is 0.332. The van der Waals surface area contributed by atoms with E-state index in [0.717, 1.165) is 51.7 Å². The number of aryl methyl sites for hydroxylation is 1. The molecule has 138 valence electrons. The fourth-order valence-corrected chi connectivity index (χ4v) is 4.18. The molecule has 4 heteroatoms. The summed E-state index contributed by atoms with van der Waals surface area (Å²) in [6.45, 7) is 13.5. The topological polar surface area (TPSA) is 26.8 Å². The molecule has 2 aliphatic heterocycles. The molecule has 3 rings (SSSR count). The molecule has 1 unspecified atom stereocenters. The van der Waals surface area contributed by atoms with E-state index in [1.165, 1.54) is 29.7 Å². The van der Waals surface area contributed by atoms with Gasteiger partial charge in [0.15, 0.2) is 0 Å². The highest BCUT2D eigenvalue weighted by Crippen LogP contribution is 2.24. The molecule has 4 nitrogen and oxygen atoms in total. The van der Waals surface area contributed by atoms with Crippen molar-refractivity contribution in [2.75, 3.05) is 50.7 Å². The number of piperazine rings is 1. The van der Waals surface area contributed by atoms with Gasteiger partial charge in [0.2, 0.25) is 5.91 Å². The lowest BCUT2D eigenvalue weighted by atomic mass is 10.0. The van der Waals surface area contributed by atoms with Crippen LogP contribution in [0.3, 0.4) is 0 Å². The van der Waals surface area contributed by atoms with Crippen molar-refractivity contribution in [3.63, 3.8) is 0 Å². The van der Waals surface area contributed by atoms with Crippen LogP contribution in [0.4, 0.5) is 5.69 Å². The van der Waals surface area contributed by atoms with E-state index in [4.69, 9.17) is 0 Å². The van der Waals surface area contributed by atoms with Crippen LogP contribution in [0.15, 0.2) is 18.2 Å². The van der Waals surface area contributed by atoms with Gasteiger partial charge in [-0.1, -0.05) is 19.1 Å². The van der Waals surface area contributed by atoms with Gasteiger partial charge in [-0.25, -0.2) is 0 Å². The molecule has 0 saturated carbocycles. The van der Waals surface area contributed by atoms with Gasteiger partial charge in [-0.05, 0) is 56.3 Å². The summed E-state index contributed by atoms with van der Waals surface area (Å²) in [5.74, 6) is 1.11. The molecule has 2 saturated heterocycles. The van der Waals surface area contributed by atoms with Crippen LogP contribution in [0.1, 0.15) is 37.3 Å². The fourth-order valence-electron chi connectivity index (χ4n) is 4.18. The number of nitrogens with zero attached hydrogens (tertiary/aromatic N) is 3. The minimum Gasteiger partial charge on any atom is -0.368 e. The van der Waals surface area contributed by atoms with Crippen LogP contribution in [-0.4, -0.2) is 61.5 Å². The van der Waals surface area contributed by atoms with Crippen molar-refractivity contribution in [2.45, 2.75) is 40.0 Å². The van der Waals surface area contributed by atoms with Gasteiger partial charge < -0.3 is 14.7 Å². The molecule has 1 amide bonds. The molecule has 2 heterocycles. The first-order valence-corrected chi connectivity index (χ1v) is 9.86. The van der Waals surface area contributed by atoms with E-state index in [1.807, 2.05) is 0 Å². The van der Waals surface area contributed by atoms with E-state index in [2.05, 4.69) is 53.7 Å². The van der Waals surface area contributed by atoms with Gasteiger partial charge in [-0.15, -0.1) is 0 Å². The molecule has 0 aliphatic carbocycles. The summed E-state index contributed by atoms with van der Waals surface area (Å²) in [5, 5.41) is 0. The summed E-state index contributed by atoms with van der Waals surface area (Å²) < 4.78 is 0. The van der Waals surface area contributed by atoms with Crippen molar-refractivity contribution < 1.29 is 4.79 Å². The number of hydrogen-bond acceptors (Lipinski definition) is 3. The maximum atomic E-state index is 12.6. The summed E-state index contributed by atoms with van der Waals surface area (Å²) in [5.41, 5.74) is 4.03. The smallest absolute Gasteiger partial charge is 0.223 e. The zero-order chi connectivity index (χ0) is 17.8. The normalized spacial score (nSPS) is 22.3. The second kappa shape index (κ2) is 8.22. The third-order valence-electron chi connectivity index (χ3n) is 5.93. The average molecular weight is 344 g/mol. The molecule has 1 aromatic carbocycles. The Balaban J connectivity index is 1.47. The predicted octanol–water partition coefficient (Wildman–Crippen LogP) is 3.07. The van der Waals surface area contributed by atoms with Gasteiger partial charge in [0.05, 0.1) is 0 Å². The summed E-state index contributed by atoms with van der Waals surface area (Å²) in [7, 11) is 0. The Hall–Kier alpha value is -1.55. The van der Waals surface area contributed by atoms with Gasteiger partial charge >= 0.3 is 0 Å². The van der Waals surface area contributed by atoms with Crippen LogP contribution in [-0.2, 0) is 4.79 Å². The summed E-state index contributed by atoms with van der Waals surface area (Å²) >= 11 is 0. The van der Waals surface area contributed by atoms with Crippen molar-refractivity contribution in [3.05, 3.63) is 29.3 Å². The van der Waals surface area contributed by atoms with E-state index in [-0.39, 0.29) is 0 Å². The molecule has 1 atom stereocenters. The summed E-state index contributed by atoms with van der Waals surface area (Å²) in [6, 6.07) is 6.51.